The van der Waals surface area contributed by atoms with E-state index in [9.17, 15) is 8.42 Å². The van der Waals surface area contributed by atoms with Crippen LogP contribution >= 0.6 is 0 Å². The fourth-order valence-electron chi connectivity index (χ4n) is 1.62. The lowest BCUT2D eigenvalue weighted by Crippen LogP contribution is -2.06. The molecule has 5 N–H and O–H groups in total. The number of nitrogens with two attached hydrogens (primary N) is 2. The average Bonchev–Trinajstić information content (AvgIpc) is 2.35. The minimum atomic E-state index is -3.17. The summed E-state index contributed by atoms with van der Waals surface area (Å²) < 4.78 is 22.7. The van der Waals surface area contributed by atoms with Gasteiger partial charge in [-0.25, -0.2) is 8.42 Å². The summed E-state index contributed by atoms with van der Waals surface area (Å²) in [6.45, 7) is 0.472. The average molecular weight is 293 g/mol. The number of benzene rings is 1. The molecule has 20 heavy (non-hydrogen) atoms. The Balaban J connectivity index is 2.07. The quantitative estimate of drug-likeness (QED) is 0.756. The molecule has 2 aromatic rings. The zero-order valence-corrected chi connectivity index (χ0v) is 11.7. The van der Waals surface area contributed by atoms with Crippen LogP contribution in [-0.2, 0) is 16.4 Å². The first-order valence-corrected chi connectivity index (χ1v) is 7.66. The molecule has 0 aliphatic rings. The van der Waals surface area contributed by atoms with Gasteiger partial charge in [0.25, 0.3) is 0 Å². The van der Waals surface area contributed by atoms with Crippen LogP contribution in [-0.4, -0.2) is 24.6 Å². The number of rotatable bonds is 4. The molecule has 0 aliphatic heterocycles. The first-order valence-electron chi connectivity index (χ1n) is 5.77. The predicted octanol–water partition coefficient (Wildman–Crippen LogP) is 0.657. The molecule has 0 radical (unpaired) electrons. The second kappa shape index (κ2) is 5.33. The Labute approximate surface area is 117 Å². The maximum absolute atomic E-state index is 11.3. The topological polar surface area (TPSA) is 124 Å². The van der Waals surface area contributed by atoms with Crippen molar-refractivity contribution in [1.29, 1.82) is 0 Å². The van der Waals surface area contributed by atoms with Gasteiger partial charge in [-0.3, -0.25) is 0 Å². The zero-order valence-electron chi connectivity index (χ0n) is 10.9. The third-order valence-corrected chi connectivity index (χ3v) is 3.72. The SMILES string of the molecule is CS(=O)(=O)c1ccc(CNc2cc(N)nc(N)n2)cc1. The van der Waals surface area contributed by atoms with Gasteiger partial charge in [0.15, 0.2) is 9.84 Å². The normalized spacial score (nSPS) is 11.2. The van der Waals surface area contributed by atoms with E-state index >= 15 is 0 Å². The Morgan fingerprint density at radius 2 is 1.80 bits per heavy atom. The van der Waals surface area contributed by atoms with E-state index in [2.05, 4.69) is 15.3 Å². The highest BCUT2D eigenvalue weighted by molar-refractivity contribution is 7.90. The maximum atomic E-state index is 11.3. The van der Waals surface area contributed by atoms with E-state index in [0.29, 0.717) is 12.4 Å². The number of nitrogen functional groups attached to an aromatic ring is 2. The maximum Gasteiger partial charge on any atom is 0.223 e. The van der Waals surface area contributed by atoms with Crippen LogP contribution in [0.3, 0.4) is 0 Å². The van der Waals surface area contributed by atoms with Gasteiger partial charge in [-0.15, -0.1) is 0 Å². The van der Waals surface area contributed by atoms with E-state index in [0.717, 1.165) is 5.56 Å². The van der Waals surface area contributed by atoms with Gasteiger partial charge >= 0.3 is 0 Å². The predicted molar refractivity (Wildman–Crippen MR) is 77.7 cm³/mol. The first kappa shape index (κ1) is 14.1. The molecule has 0 amide bonds. The molecule has 7 nitrogen and oxygen atoms in total. The Morgan fingerprint density at radius 3 is 2.35 bits per heavy atom. The fraction of sp³-hybridized carbons (Fsp3) is 0.167. The van der Waals surface area contributed by atoms with Crippen LogP contribution in [0.2, 0.25) is 0 Å². The fourth-order valence-corrected chi connectivity index (χ4v) is 2.25. The molecule has 1 aromatic heterocycles. The van der Waals surface area contributed by atoms with Crippen LogP contribution in [0.15, 0.2) is 35.2 Å². The summed E-state index contributed by atoms with van der Waals surface area (Å²) in [5.41, 5.74) is 12.0. The molecule has 0 atom stereocenters. The third kappa shape index (κ3) is 3.58. The van der Waals surface area contributed by atoms with Crippen molar-refractivity contribution in [3.05, 3.63) is 35.9 Å². The first-order chi connectivity index (χ1) is 9.34. The minimum absolute atomic E-state index is 0.0972. The molecule has 0 saturated carbocycles. The summed E-state index contributed by atoms with van der Waals surface area (Å²) in [7, 11) is -3.17. The Kier molecular flexibility index (Phi) is 3.75. The number of hydrogen-bond donors (Lipinski definition) is 3. The summed E-state index contributed by atoms with van der Waals surface area (Å²) in [6.07, 6.45) is 1.17. The number of sulfone groups is 1. The van der Waals surface area contributed by atoms with E-state index in [1.807, 2.05) is 0 Å². The summed E-state index contributed by atoms with van der Waals surface area (Å²) in [4.78, 5) is 8.04. The van der Waals surface area contributed by atoms with E-state index in [-0.39, 0.29) is 16.7 Å². The van der Waals surface area contributed by atoms with E-state index in [4.69, 9.17) is 11.5 Å². The van der Waals surface area contributed by atoms with E-state index in [1.54, 1.807) is 30.3 Å². The van der Waals surface area contributed by atoms with Crippen molar-refractivity contribution in [3.63, 3.8) is 0 Å². The smallest absolute Gasteiger partial charge is 0.223 e. The number of nitrogens with zero attached hydrogens (tertiary/aromatic N) is 2. The van der Waals surface area contributed by atoms with Crippen molar-refractivity contribution in [2.24, 2.45) is 0 Å². The summed E-state index contributed by atoms with van der Waals surface area (Å²) in [5.74, 6) is 0.898. The van der Waals surface area contributed by atoms with E-state index in [1.165, 1.54) is 6.26 Å². The van der Waals surface area contributed by atoms with Gasteiger partial charge in [-0.1, -0.05) is 12.1 Å². The number of aromatic nitrogens is 2. The van der Waals surface area contributed by atoms with Crippen molar-refractivity contribution in [3.8, 4) is 0 Å². The molecule has 0 spiro atoms. The van der Waals surface area contributed by atoms with Gasteiger partial charge in [-0.2, -0.15) is 9.97 Å². The molecule has 1 heterocycles. The molecule has 8 heteroatoms. The van der Waals surface area contributed by atoms with Crippen LogP contribution in [0.5, 0.6) is 0 Å². The van der Waals surface area contributed by atoms with Gasteiger partial charge in [-0.05, 0) is 17.7 Å². The molecule has 0 saturated heterocycles. The number of anilines is 3. The van der Waals surface area contributed by atoms with Crippen molar-refractivity contribution in [2.45, 2.75) is 11.4 Å². The molecule has 1 aromatic carbocycles. The molecule has 106 valence electrons. The van der Waals surface area contributed by atoms with Gasteiger partial charge < -0.3 is 16.8 Å². The van der Waals surface area contributed by atoms with Crippen molar-refractivity contribution >= 4 is 27.4 Å². The number of hydrogen-bond acceptors (Lipinski definition) is 7. The van der Waals surface area contributed by atoms with Crippen LogP contribution < -0.4 is 16.8 Å². The van der Waals surface area contributed by atoms with Crippen LogP contribution in [0, 0.1) is 0 Å². The Morgan fingerprint density at radius 1 is 1.15 bits per heavy atom. The largest absolute Gasteiger partial charge is 0.383 e. The summed E-state index contributed by atoms with van der Waals surface area (Å²) in [5, 5.41) is 3.04. The van der Waals surface area contributed by atoms with Gasteiger partial charge in [0, 0.05) is 18.9 Å². The van der Waals surface area contributed by atoms with Crippen molar-refractivity contribution < 1.29 is 8.42 Å². The van der Waals surface area contributed by atoms with Gasteiger partial charge in [0.1, 0.15) is 11.6 Å². The molecule has 0 unspecified atom stereocenters. The molecule has 0 fully saturated rings. The zero-order chi connectivity index (χ0) is 14.8. The molecule has 2 rings (SSSR count). The number of nitrogens with one attached hydrogen (secondary N) is 1. The second-order valence-corrected chi connectivity index (χ2v) is 6.32. The molecule has 0 bridgehead atoms. The lowest BCUT2D eigenvalue weighted by Gasteiger charge is -2.07. The Bertz CT molecular complexity index is 693. The van der Waals surface area contributed by atoms with Crippen LogP contribution in [0.25, 0.3) is 0 Å². The van der Waals surface area contributed by atoms with E-state index < -0.39 is 9.84 Å². The van der Waals surface area contributed by atoms with Gasteiger partial charge in [0.05, 0.1) is 4.90 Å². The Hall–Kier alpha value is -2.35. The monoisotopic (exact) mass is 293 g/mol. The molecular weight excluding hydrogens is 278 g/mol. The standard InChI is InChI=1S/C12H15N5O2S/c1-20(18,19)9-4-2-8(3-5-9)7-15-11-6-10(13)16-12(14)17-11/h2-6H,7H2,1H3,(H5,13,14,15,16,17). The van der Waals surface area contributed by atoms with Crippen molar-refractivity contribution in [1.82, 2.24) is 9.97 Å². The summed E-state index contributed by atoms with van der Waals surface area (Å²) in [6, 6.07) is 8.17. The second-order valence-electron chi connectivity index (χ2n) is 4.31. The van der Waals surface area contributed by atoms with Crippen molar-refractivity contribution in [2.75, 3.05) is 23.0 Å². The third-order valence-electron chi connectivity index (χ3n) is 2.59. The highest BCUT2D eigenvalue weighted by atomic mass is 32.2. The lowest BCUT2D eigenvalue weighted by molar-refractivity contribution is 0.602. The highest BCUT2D eigenvalue weighted by Gasteiger charge is 2.06. The minimum Gasteiger partial charge on any atom is -0.383 e. The molecule has 0 aliphatic carbocycles. The lowest BCUT2D eigenvalue weighted by atomic mass is 10.2. The van der Waals surface area contributed by atoms with Crippen LogP contribution in [0.1, 0.15) is 5.56 Å². The summed E-state index contributed by atoms with van der Waals surface area (Å²) >= 11 is 0. The van der Waals surface area contributed by atoms with Crippen LogP contribution in [0.4, 0.5) is 17.6 Å². The van der Waals surface area contributed by atoms with Gasteiger partial charge in [0.2, 0.25) is 5.95 Å². The molecular formula is C12H15N5O2S. The highest BCUT2D eigenvalue weighted by Crippen LogP contribution is 2.13.